The van der Waals surface area contributed by atoms with Gasteiger partial charge in [0.15, 0.2) is 0 Å². The molecule has 4 nitrogen and oxygen atoms in total. The van der Waals surface area contributed by atoms with Crippen LogP contribution in [-0.2, 0) is 0 Å². The van der Waals surface area contributed by atoms with Gasteiger partial charge < -0.3 is 10.2 Å². The minimum absolute atomic E-state index is 0.0913. The van der Waals surface area contributed by atoms with E-state index in [2.05, 4.69) is 10.3 Å². The van der Waals surface area contributed by atoms with E-state index in [-0.39, 0.29) is 5.91 Å². The molecule has 0 spiro atoms. The zero-order valence-corrected chi connectivity index (χ0v) is 11.1. The van der Waals surface area contributed by atoms with E-state index in [1.807, 2.05) is 19.0 Å². The van der Waals surface area contributed by atoms with Crippen molar-refractivity contribution < 1.29 is 4.79 Å². The smallest absolute Gasteiger partial charge is 0.256 e. The Kier molecular flexibility index (Phi) is 4.18. The molecule has 18 heavy (non-hydrogen) atoms. The predicted octanol–water partition coefficient (Wildman–Crippen LogP) is 2.53. The van der Waals surface area contributed by atoms with Crippen molar-refractivity contribution in [1.29, 1.82) is 0 Å². The fourth-order valence-electron chi connectivity index (χ4n) is 2.60. The highest BCUT2D eigenvalue weighted by Crippen LogP contribution is 2.24. The van der Waals surface area contributed by atoms with Gasteiger partial charge in [0.05, 0.1) is 17.4 Å². The maximum Gasteiger partial charge on any atom is 0.256 e. The van der Waals surface area contributed by atoms with Crippen molar-refractivity contribution in [2.75, 3.05) is 19.4 Å². The molecule has 98 valence electrons. The third-order valence-corrected chi connectivity index (χ3v) is 3.76. The van der Waals surface area contributed by atoms with Crippen LogP contribution in [0.25, 0.3) is 0 Å². The fourth-order valence-corrected chi connectivity index (χ4v) is 2.60. The molecule has 1 saturated carbocycles. The standard InChI is InChI=1S/C14H21N3O/c1-15-13-10-16-9-8-12(13)14(18)17(2)11-6-4-3-5-7-11/h8-11,15H,3-7H2,1-2H3. The monoisotopic (exact) mass is 247 g/mol. The van der Waals surface area contributed by atoms with Gasteiger partial charge in [-0.15, -0.1) is 0 Å². The molecule has 0 saturated heterocycles. The second kappa shape index (κ2) is 5.85. The Balaban J connectivity index is 2.14. The topological polar surface area (TPSA) is 45.2 Å². The number of anilines is 1. The summed E-state index contributed by atoms with van der Waals surface area (Å²) in [6, 6.07) is 2.18. The quantitative estimate of drug-likeness (QED) is 0.892. The van der Waals surface area contributed by atoms with Crippen LogP contribution in [0.15, 0.2) is 18.5 Å². The molecule has 1 aliphatic carbocycles. The fraction of sp³-hybridized carbons (Fsp3) is 0.571. The summed E-state index contributed by atoms with van der Waals surface area (Å²) in [5, 5.41) is 3.02. The van der Waals surface area contributed by atoms with Gasteiger partial charge in [-0.2, -0.15) is 0 Å². The first-order valence-corrected chi connectivity index (χ1v) is 6.63. The Morgan fingerprint density at radius 1 is 1.39 bits per heavy atom. The van der Waals surface area contributed by atoms with Crippen LogP contribution >= 0.6 is 0 Å². The molecule has 0 atom stereocenters. The maximum atomic E-state index is 12.5. The molecule has 0 bridgehead atoms. The molecule has 1 aromatic heterocycles. The summed E-state index contributed by atoms with van der Waals surface area (Å²) >= 11 is 0. The minimum Gasteiger partial charge on any atom is -0.386 e. The highest BCUT2D eigenvalue weighted by molar-refractivity contribution is 5.99. The highest BCUT2D eigenvalue weighted by Gasteiger charge is 2.24. The number of hydrogen-bond donors (Lipinski definition) is 1. The lowest BCUT2D eigenvalue weighted by atomic mass is 9.94. The van der Waals surface area contributed by atoms with Crippen LogP contribution in [0.3, 0.4) is 0 Å². The second-order valence-electron chi connectivity index (χ2n) is 4.88. The summed E-state index contributed by atoms with van der Waals surface area (Å²) in [7, 11) is 3.73. The van der Waals surface area contributed by atoms with Gasteiger partial charge in [-0.1, -0.05) is 19.3 Å². The molecular weight excluding hydrogens is 226 g/mol. The van der Waals surface area contributed by atoms with Crippen molar-refractivity contribution in [3.05, 3.63) is 24.0 Å². The number of rotatable bonds is 3. The van der Waals surface area contributed by atoms with E-state index in [9.17, 15) is 4.79 Å². The van der Waals surface area contributed by atoms with E-state index in [1.165, 1.54) is 19.3 Å². The van der Waals surface area contributed by atoms with Crippen molar-refractivity contribution in [3.8, 4) is 0 Å². The Labute approximate surface area is 108 Å². The molecule has 0 unspecified atom stereocenters. The number of aromatic nitrogens is 1. The number of carbonyl (C=O) groups is 1. The number of carbonyl (C=O) groups excluding carboxylic acids is 1. The van der Waals surface area contributed by atoms with Crippen molar-refractivity contribution in [2.24, 2.45) is 0 Å². The van der Waals surface area contributed by atoms with Gasteiger partial charge in [-0.05, 0) is 18.9 Å². The van der Waals surface area contributed by atoms with Gasteiger partial charge in [0, 0.05) is 26.3 Å². The molecule has 0 aliphatic heterocycles. The molecular formula is C14H21N3O. The van der Waals surface area contributed by atoms with Gasteiger partial charge in [0.1, 0.15) is 0 Å². The third-order valence-electron chi connectivity index (χ3n) is 3.76. The number of hydrogen-bond acceptors (Lipinski definition) is 3. The Bertz CT molecular complexity index is 413. The van der Waals surface area contributed by atoms with Crippen LogP contribution in [-0.4, -0.2) is 35.9 Å². The zero-order chi connectivity index (χ0) is 13.0. The van der Waals surface area contributed by atoms with Crippen LogP contribution in [0.4, 0.5) is 5.69 Å². The summed E-state index contributed by atoms with van der Waals surface area (Å²) < 4.78 is 0. The van der Waals surface area contributed by atoms with Crippen LogP contribution in [0.5, 0.6) is 0 Å². The Morgan fingerprint density at radius 3 is 2.78 bits per heavy atom. The van der Waals surface area contributed by atoms with Crippen LogP contribution in [0, 0.1) is 0 Å². The summed E-state index contributed by atoms with van der Waals surface area (Å²) in [6.45, 7) is 0. The Morgan fingerprint density at radius 2 is 2.11 bits per heavy atom. The van der Waals surface area contributed by atoms with E-state index in [0.29, 0.717) is 11.6 Å². The van der Waals surface area contributed by atoms with Gasteiger partial charge in [-0.25, -0.2) is 0 Å². The number of amides is 1. The first-order valence-electron chi connectivity index (χ1n) is 6.63. The minimum atomic E-state index is 0.0913. The molecule has 1 heterocycles. The summed E-state index contributed by atoms with van der Waals surface area (Å²) in [4.78, 5) is 18.4. The van der Waals surface area contributed by atoms with E-state index in [4.69, 9.17) is 0 Å². The largest absolute Gasteiger partial charge is 0.386 e. The Hall–Kier alpha value is -1.58. The number of nitrogens with zero attached hydrogens (tertiary/aromatic N) is 2. The van der Waals surface area contributed by atoms with Crippen molar-refractivity contribution in [1.82, 2.24) is 9.88 Å². The molecule has 0 radical (unpaired) electrons. The normalized spacial score (nSPS) is 16.3. The van der Waals surface area contributed by atoms with Crippen molar-refractivity contribution in [2.45, 2.75) is 38.1 Å². The lowest BCUT2D eigenvalue weighted by molar-refractivity contribution is 0.0697. The third kappa shape index (κ3) is 2.63. The summed E-state index contributed by atoms with van der Waals surface area (Å²) in [5.74, 6) is 0.0913. The van der Waals surface area contributed by atoms with Gasteiger partial charge in [-0.3, -0.25) is 9.78 Å². The maximum absolute atomic E-state index is 12.5. The lowest BCUT2D eigenvalue weighted by Gasteiger charge is -2.31. The van der Waals surface area contributed by atoms with Gasteiger partial charge in [0.2, 0.25) is 0 Å². The van der Waals surface area contributed by atoms with Crippen LogP contribution in [0.2, 0.25) is 0 Å². The average Bonchev–Trinajstić information content (AvgIpc) is 2.46. The molecule has 2 rings (SSSR count). The highest BCUT2D eigenvalue weighted by atomic mass is 16.2. The second-order valence-corrected chi connectivity index (χ2v) is 4.88. The zero-order valence-electron chi connectivity index (χ0n) is 11.1. The molecule has 0 aromatic carbocycles. The molecule has 1 N–H and O–H groups in total. The van der Waals surface area contributed by atoms with E-state index >= 15 is 0 Å². The first kappa shape index (κ1) is 12.9. The molecule has 1 aliphatic rings. The number of pyridine rings is 1. The van der Waals surface area contributed by atoms with Gasteiger partial charge >= 0.3 is 0 Å². The number of nitrogens with one attached hydrogen (secondary N) is 1. The summed E-state index contributed by atoms with van der Waals surface area (Å²) in [5.41, 5.74) is 1.51. The molecule has 1 amide bonds. The van der Waals surface area contributed by atoms with Crippen molar-refractivity contribution in [3.63, 3.8) is 0 Å². The predicted molar refractivity (Wildman–Crippen MR) is 72.8 cm³/mol. The molecule has 1 aromatic rings. The SMILES string of the molecule is CNc1cnccc1C(=O)N(C)C1CCCCC1. The summed E-state index contributed by atoms with van der Waals surface area (Å²) in [6.07, 6.45) is 9.39. The van der Waals surface area contributed by atoms with E-state index in [0.717, 1.165) is 18.5 Å². The first-order chi connectivity index (χ1) is 8.74. The molecule has 1 fully saturated rings. The van der Waals surface area contributed by atoms with Crippen LogP contribution < -0.4 is 5.32 Å². The van der Waals surface area contributed by atoms with Crippen LogP contribution in [0.1, 0.15) is 42.5 Å². The van der Waals surface area contributed by atoms with Gasteiger partial charge in [0.25, 0.3) is 5.91 Å². The lowest BCUT2D eigenvalue weighted by Crippen LogP contribution is -2.38. The van der Waals surface area contributed by atoms with E-state index < -0.39 is 0 Å². The molecule has 4 heteroatoms. The van der Waals surface area contributed by atoms with E-state index in [1.54, 1.807) is 18.5 Å². The van der Waals surface area contributed by atoms with Crippen molar-refractivity contribution >= 4 is 11.6 Å². The average molecular weight is 247 g/mol.